The summed E-state index contributed by atoms with van der Waals surface area (Å²) in [6, 6.07) is 4.98. The van der Waals surface area contributed by atoms with Gasteiger partial charge in [0.2, 0.25) is 5.91 Å². The van der Waals surface area contributed by atoms with Gasteiger partial charge in [0.05, 0.1) is 29.3 Å². The van der Waals surface area contributed by atoms with E-state index in [-0.39, 0.29) is 17.4 Å². The normalized spacial score (nSPS) is 17.7. The van der Waals surface area contributed by atoms with Crippen LogP contribution in [0.4, 0.5) is 0 Å². The van der Waals surface area contributed by atoms with Gasteiger partial charge in [0.15, 0.2) is 5.16 Å². The van der Waals surface area contributed by atoms with E-state index in [4.69, 9.17) is 22.1 Å². The summed E-state index contributed by atoms with van der Waals surface area (Å²) >= 11 is 7.13. The molecule has 2 heterocycles. The van der Waals surface area contributed by atoms with E-state index in [9.17, 15) is 9.59 Å². The fourth-order valence-corrected chi connectivity index (χ4v) is 3.49. The van der Waals surface area contributed by atoms with Crippen molar-refractivity contribution in [3.8, 4) is 0 Å². The van der Waals surface area contributed by atoms with Gasteiger partial charge in [-0.3, -0.25) is 14.2 Å². The third-order valence-electron chi connectivity index (χ3n) is 3.64. The molecule has 1 unspecified atom stereocenters. The molecule has 1 amide bonds. The van der Waals surface area contributed by atoms with Crippen LogP contribution in [-0.4, -0.2) is 33.9 Å². The summed E-state index contributed by atoms with van der Waals surface area (Å²) in [6.07, 6.45) is 1.89. The Kier molecular flexibility index (Phi) is 4.89. The van der Waals surface area contributed by atoms with E-state index in [1.807, 2.05) is 0 Å². The molecule has 0 saturated carbocycles. The maximum Gasteiger partial charge on any atom is 0.262 e. The molecule has 1 aliphatic rings. The molecule has 3 rings (SSSR count). The molecule has 1 aliphatic heterocycles. The third-order valence-corrected chi connectivity index (χ3v) is 4.87. The molecule has 1 aromatic carbocycles. The zero-order valence-corrected chi connectivity index (χ0v) is 13.9. The molecule has 2 aromatic rings. The first-order valence-corrected chi connectivity index (χ1v) is 8.64. The van der Waals surface area contributed by atoms with Gasteiger partial charge in [-0.25, -0.2) is 4.98 Å². The number of hydrogen-bond donors (Lipinski definition) is 1. The van der Waals surface area contributed by atoms with Crippen LogP contribution in [0.2, 0.25) is 5.02 Å². The van der Waals surface area contributed by atoms with Crippen molar-refractivity contribution >= 4 is 40.2 Å². The number of rotatable bonds is 5. The Morgan fingerprint density at radius 2 is 2.35 bits per heavy atom. The number of nitrogens with zero attached hydrogens (tertiary/aromatic N) is 2. The average Bonchev–Trinajstić information content (AvgIpc) is 3.01. The SMILES string of the molecule is NC(=O)CSc1nc2cc(Cl)ccc2c(=O)n1CC1CCCO1. The molecular formula is C15H16ClN3O3S. The Bertz CT molecular complexity index is 802. The van der Waals surface area contributed by atoms with Crippen molar-refractivity contribution in [1.29, 1.82) is 0 Å². The standard InChI is InChI=1S/C15H16ClN3O3S/c16-9-3-4-11-12(6-9)18-15(23-8-13(17)20)19(14(11)21)7-10-2-1-5-22-10/h3-4,6,10H,1-2,5,7-8H2,(H2,17,20). The number of benzene rings is 1. The Balaban J connectivity index is 2.06. The maximum absolute atomic E-state index is 12.8. The topological polar surface area (TPSA) is 87.2 Å². The van der Waals surface area contributed by atoms with E-state index in [2.05, 4.69) is 4.98 Å². The van der Waals surface area contributed by atoms with Gasteiger partial charge in [0.25, 0.3) is 5.56 Å². The minimum absolute atomic E-state index is 0.00724. The van der Waals surface area contributed by atoms with Gasteiger partial charge in [0.1, 0.15) is 0 Å². The highest BCUT2D eigenvalue weighted by Gasteiger charge is 2.20. The molecule has 6 nitrogen and oxygen atoms in total. The molecule has 1 aromatic heterocycles. The quantitative estimate of drug-likeness (QED) is 0.654. The molecule has 1 atom stereocenters. The zero-order valence-electron chi connectivity index (χ0n) is 12.3. The largest absolute Gasteiger partial charge is 0.376 e. The number of hydrogen-bond acceptors (Lipinski definition) is 5. The van der Waals surface area contributed by atoms with Crippen molar-refractivity contribution in [3.63, 3.8) is 0 Å². The predicted octanol–water partition coefficient (Wildman–Crippen LogP) is 1.81. The van der Waals surface area contributed by atoms with E-state index in [1.54, 1.807) is 22.8 Å². The second-order valence-corrected chi connectivity index (χ2v) is 6.74. The molecule has 0 aliphatic carbocycles. The maximum atomic E-state index is 12.8. The molecule has 0 bridgehead atoms. The third kappa shape index (κ3) is 3.68. The minimum Gasteiger partial charge on any atom is -0.376 e. The number of carbonyl (C=O) groups is 1. The number of carbonyl (C=O) groups excluding carboxylic acids is 1. The molecule has 2 N–H and O–H groups in total. The van der Waals surface area contributed by atoms with E-state index in [0.717, 1.165) is 24.6 Å². The lowest BCUT2D eigenvalue weighted by Gasteiger charge is -2.16. The van der Waals surface area contributed by atoms with Crippen LogP contribution in [-0.2, 0) is 16.1 Å². The number of primary amides is 1. The first-order valence-electron chi connectivity index (χ1n) is 7.27. The fourth-order valence-electron chi connectivity index (χ4n) is 2.57. The average molecular weight is 354 g/mol. The van der Waals surface area contributed by atoms with E-state index in [0.29, 0.717) is 34.2 Å². The fraction of sp³-hybridized carbons (Fsp3) is 0.400. The van der Waals surface area contributed by atoms with Crippen molar-refractivity contribution in [2.75, 3.05) is 12.4 Å². The van der Waals surface area contributed by atoms with Gasteiger partial charge >= 0.3 is 0 Å². The van der Waals surface area contributed by atoms with Crippen molar-refractivity contribution in [2.45, 2.75) is 30.6 Å². The van der Waals surface area contributed by atoms with E-state index in [1.165, 1.54) is 0 Å². The van der Waals surface area contributed by atoms with Crippen molar-refractivity contribution in [2.24, 2.45) is 5.73 Å². The monoisotopic (exact) mass is 353 g/mol. The molecular weight excluding hydrogens is 338 g/mol. The molecule has 0 spiro atoms. The summed E-state index contributed by atoms with van der Waals surface area (Å²) in [5, 5.41) is 1.46. The van der Waals surface area contributed by atoms with Gasteiger partial charge in [0, 0.05) is 11.6 Å². The zero-order chi connectivity index (χ0) is 16.4. The van der Waals surface area contributed by atoms with Crippen LogP contribution in [0.15, 0.2) is 28.2 Å². The Morgan fingerprint density at radius 1 is 1.52 bits per heavy atom. The molecule has 1 saturated heterocycles. The molecule has 122 valence electrons. The summed E-state index contributed by atoms with van der Waals surface area (Å²) in [6.45, 7) is 1.13. The van der Waals surface area contributed by atoms with Crippen molar-refractivity contribution < 1.29 is 9.53 Å². The highest BCUT2D eigenvalue weighted by molar-refractivity contribution is 7.99. The molecule has 0 radical (unpaired) electrons. The second kappa shape index (κ2) is 6.90. The minimum atomic E-state index is -0.459. The van der Waals surface area contributed by atoms with Crippen molar-refractivity contribution in [3.05, 3.63) is 33.6 Å². The van der Waals surface area contributed by atoms with Crippen LogP contribution >= 0.6 is 23.4 Å². The van der Waals surface area contributed by atoms with Crippen LogP contribution in [0.3, 0.4) is 0 Å². The van der Waals surface area contributed by atoms with Crippen LogP contribution in [0.5, 0.6) is 0 Å². The Morgan fingerprint density at radius 3 is 3.04 bits per heavy atom. The molecule has 8 heteroatoms. The number of thioether (sulfide) groups is 1. The first-order chi connectivity index (χ1) is 11.0. The number of halogens is 1. The number of ether oxygens (including phenoxy) is 1. The first kappa shape index (κ1) is 16.3. The van der Waals surface area contributed by atoms with Gasteiger partial charge in [-0.2, -0.15) is 0 Å². The van der Waals surface area contributed by atoms with Crippen LogP contribution in [0, 0.1) is 0 Å². The lowest BCUT2D eigenvalue weighted by atomic mass is 10.2. The lowest BCUT2D eigenvalue weighted by molar-refractivity contribution is -0.115. The summed E-state index contributed by atoms with van der Waals surface area (Å²) in [5.41, 5.74) is 5.56. The van der Waals surface area contributed by atoms with Gasteiger partial charge in [-0.15, -0.1) is 0 Å². The number of amides is 1. The van der Waals surface area contributed by atoms with E-state index < -0.39 is 5.91 Å². The van der Waals surface area contributed by atoms with Crippen molar-refractivity contribution in [1.82, 2.24) is 9.55 Å². The number of nitrogens with two attached hydrogens (primary N) is 1. The van der Waals surface area contributed by atoms with Crippen LogP contribution in [0.25, 0.3) is 10.9 Å². The summed E-state index contributed by atoms with van der Waals surface area (Å²) < 4.78 is 7.18. The predicted molar refractivity (Wildman–Crippen MR) is 89.9 cm³/mol. The Hall–Kier alpha value is -1.57. The summed E-state index contributed by atoms with van der Waals surface area (Å²) in [5.74, 6) is -0.400. The van der Waals surface area contributed by atoms with Crippen LogP contribution in [0.1, 0.15) is 12.8 Å². The van der Waals surface area contributed by atoms with Gasteiger partial charge in [-0.05, 0) is 31.0 Å². The highest BCUT2D eigenvalue weighted by atomic mass is 35.5. The van der Waals surface area contributed by atoms with Gasteiger partial charge in [-0.1, -0.05) is 23.4 Å². The lowest BCUT2D eigenvalue weighted by Crippen LogP contribution is -2.29. The second-order valence-electron chi connectivity index (χ2n) is 5.36. The van der Waals surface area contributed by atoms with Crippen LogP contribution < -0.4 is 11.3 Å². The summed E-state index contributed by atoms with van der Waals surface area (Å²) in [7, 11) is 0. The molecule has 1 fully saturated rings. The number of fused-ring (bicyclic) bond motifs is 1. The molecule has 23 heavy (non-hydrogen) atoms. The van der Waals surface area contributed by atoms with Gasteiger partial charge < -0.3 is 10.5 Å². The van der Waals surface area contributed by atoms with E-state index >= 15 is 0 Å². The number of aromatic nitrogens is 2. The Labute approximate surface area is 142 Å². The highest BCUT2D eigenvalue weighted by Crippen LogP contribution is 2.22. The smallest absolute Gasteiger partial charge is 0.262 e. The summed E-state index contributed by atoms with van der Waals surface area (Å²) in [4.78, 5) is 28.3.